The second-order valence-electron chi connectivity index (χ2n) is 8.44. The van der Waals surface area contributed by atoms with Crippen molar-refractivity contribution in [3.63, 3.8) is 0 Å². The quantitative estimate of drug-likeness (QED) is 0.446. The summed E-state index contributed by atoms with van der Waals surface area (Å²) in [5.74, 6) is -3.16. The van der Waals surface area contributed by atoms with Gasteiger partial charge < -0.3 is 9.74 Å². The molecule has 0 radical (unpaired) electrons. The summed E-state index contributed by atoms with van der Waals surface area (Å²) in [4.78, 5) is 50.1. The summed E-state index contributed by atoms with van der Waals surface area (Å²) >= 11 is 0. The van der Waals surface area contributed by atoms with E-state index in [1.165, 1.54) is 25.1 Å². The summed E-state index contributed by atoms with van der Waals surface area (Å²) < 4.78 is 79.9. The van der Waals surface area contributed by atoms with Gasteiger partial charge in [0.25, 0.3) is 11.5 Å². The highest BCUT2D eigenvalue weighted by molar-refractivity contribution is 6.07. The molecule has 37 heavy (non-hydrogen) atoms. The molecule has 2 aromatic rings. The molecular weight excluding hydrogens is 512 g/mol. The van der Waals surface area contributed by atoms with Crippen LogP contribution in [0.5, 0.6) is 0 Å². The maximum absolute atomic E-state index is 14.0. The van der Waals surface area contributed by atoms with Crippen LogP contribution in [0.4, 0.5) is 26.3 Å². The molecule has 0 spiro atoms. The topological polar surface area (TPSA) is 105 Å². The molecule has 1 atom stereocenters. The van der Waals surface area contributed by atoms with Crippen molar-refractivity contribution in [1.29, 1.82) is 0 Å². The van der Waals surface area contributed by atoms with Gasteiger partial charge in [-0.1, -0.05) is 11.2 Å². The molecule has 3 amide bonds. The number of amides is 3. The second kappa shape index (κ2) is 9.12. The summed E-state index contributed by atoms with van der Waals surface area (Å²) in [6.45, 7) is -1.76. The van der Waals surface area contributed by atoms with Gasteiger partial charge in [-0.3, -0.25) is 19.3 Å². The van der Waals surface area contributed by atoms with Gasteiger partial charge in [0, 0.05) is 23.5 Å². The van der Waals surface area contributed by atoms with Crippen LogP contribution in [0.25, 0.3) is 0 Å². The van der Waals surface area contributed by atoms with Crippen LogP contribution in [0.1, 0.15) is 33.5 Å². The van der Waals surface area contributed by atoms with E-state index in [2.05, 4.69) is 15.1 Å². The smallest absolute Gasteiger partial charge is 0.374 e. The molecular formula is C22H17F6N5O4. The molecule has 2 aliphatic heterocycles. The van der Waals surface area contributed by atoms with Gasteiger partial charge in [0.15, 0.2) is 0 Å². The van der Waals surface area contributed by atoms with E-state index >= 15 is 0 Å². The third-order valence-electron chi connectivity index (χ3n) is 5.88. The van der Waals surface area contributed by atoms with E-state index < -0.39 is 61.7 Å². The maximum Gasteiger partial charge on any atom is 0.435 e. The molecule has 1 fully saturated rings. The van der Waals surface area contributed by atoms with E-state index in [9.17, 15) is 40.7 Å². The van der Waals surface area contributed by atoms with Crippen LogP contribution in [-0.4, -0.2) is 75.2 Å². The number of imide groups is 1. The number of nitrogens with zero attached hydrogens (tertiary/aromatic N) is 5. The number of rotatable bonds is 4. The number of aryl methyl sites for hydroxylation is 1. The molecule has 0 aliphatic carbocycles. The highest BCUT2D eigenvalue weighted by Crippen LogP contribution is 2.48. The Labute approximate surface area is 204 Å². The van der Waals surface area contributed by atoms with E-state index in [0.717, 1.165) is 23.6 Å². The van der Waals surface area contributed by atoms with Gasteiger partial charge in [0.05, 0.1) is 12.1 Å². The van der Waals surface area contributed by atoms with Crippen molar-refractivity contribution >= 4 is 23.4 Å². The van der Waals surface area contributed by atoms with Crippen LogP contribution in [0.15, 0.2) is 42.1 Å². The molecule has 0 N–H and O–H groups in total. The molecule has 196 valence electrons. The van der Waals surface area contributed by atoms with Crippen molar-refractivity contribution in [1.82, 2.24) is 19.8 Å². The molecule has 15 heteroatoms. The third kappa shape index (κ3) is 4.97. The summed E-state index contributed by atoms with van der Waals surface area (Å²) in [7, 11) is 0. The lowest BCUT2D eigenvalue weighted by Crippen LogP contribution is -2.57. The first-order valence-electron chi connectivity index (χ1n) is 10.6. The number of hydrogen-bond acceptors (Lipinski definition) is 7. The lowest BCUT2D eigenvalue weighted by atomic mass is 9.87. The molecule has 3 heterocycles. The third-order valence-corrected chi connectivity index (χ3v) is 5.88. The van der Waals surface area contributed by atoms with Gasteiger partial charge >= 0.3 is 12.4 Å². The standard InChI is InChI=1S/C22H17F6N5O4/c1-12-4-13(16-5-20(37-31-16,22(26,27)28)14-6-29-11-30-7-14)2-3-15(12)19(36)32-8-17(34)33(18(35)9-32)10-21(23,24)25/h2-4,6-7,11H,5,8-10H2,1H3. The molecule has 4 rings (SSSR count). The average molecular weight is 529 g/mol. The Kier molecular flexibility index (Phi) is 6.42. The Morgan fingerprint density at radius 3 is 2.22 bits per heavy atom. The van der Waals surface area contributed by atoms with E-state index in [4.69, 9.17) is 4.84 Å². The van der Waals surface area contributed by atoms with E-state index in [0.29, 0.717) is 0 Å². The van der Waals surface area contributed by atoms with Crippen LogP contribution in [0.3, 0.4) is 0 Å². The highest BCUT2D eigenvalue weighted by Gasteiger charge is 2.62. The SMILES string of the molecule is Cc1cc(C2=NOC(c3cncnc3)(C(F)(F)F)C2)ccc1C(=O)N1CC(=O)N(CC(F)(F)F)C(=O)C1. The fourth-order valence-corrected chi connectivity index (χ4v) is 4.01. The van der Waals surface area contributed by atoms with Gasteiger partial charge in [0.2, 0.25) is 11.8 Å². The molecule has 0 bridgehead atoms. The molecule has 2 aliphatic rings. The van der Waals surface area contributed by atoms with E-state index in [1.54, 1.807) is 0 Å². The van der Waals surface area contributed by atoms with Crippen LogP contribution in [-0.2, 0) is 20.0 Å². The number of aromatic nitrogens is 2. The first kappa shape index (κ1) is 26.0. The number of carbonyl (C=O) groups excluding carboxylic acids is 3. The van der Waals surface area contributed by atoms with Crippen molar-refractivity contribution in [2.75, 3.05) is 19.6 Å². The zero-order valence-electron chi connectivity index (χ0n) is 18.9. The minimum Gasteiger partial charge on any atom is -0.374 e. The number of oxime groups is 1. The van der Waals surface area contributed by atoms with Crippen molar-refractivity contribution in [2.24, 2.45) is 5.16 Å². The number of carbonyl (C=O) groups is 3. The first-order chi connectivity index (χ1) is 17.2. The predicted molar refractivity (Wildman–Crippen MR) is 112 cm³/mol. The zero-order chi connectivity index (χ0) is 27.2. The average Bonchev–Trinajstić information content (AvgIpc) is 3.28. The zero-order valence-corrected chi connectivity index (χ0v) is 18.9. The summed E-state index contributed by atoms with van der Waals surface area (Å²) in [6.07, 6.45) is -7.32. The van der Waals surface area contributed by atoms with Crippen molar-refractivity contribution in [3.8, 4) is 0 Å². The van der Waals surface area contributed by atoms with Crippen molar-refractivity contribution < 1.29 is 45.6 Å². The van der Waals surface area contributed by atoms with Crippen molar-refractivity contribution in [2.45, 2.75) is 31.3 Å². The van der Waals surface area contributed by atoms with Crippen LogP contribution >= 0.6 is 0 Å². The maximum atomic E-state index is 14.0. The van der Waals surface area contributed by atoms with Gasteiger partial charge in [-0.15, -0.1) is 0 Å². The monoisotopic (exact) mass is 529 g/mol. The molecule has 1 aromatic heterocycles. The van der Waals surface area contributed by atoms with Gasteiger partial charge in [0.1, 0.15) is 26.0 Å². The summed E-state index contributed by atoms with van der Waals surface area (Å²) in [5, 5.41) is 3.62. The number of benzene rings is 1. The molecule has 9 nitrogen and oxygen atoms in total. The minimum absolute atomic E-state index is 0.00619. The fourth-order valence-electron chi connectivity index (χ4n) is 4.01. The Morgan fingerprint density at radius 1 is 1.05 bits per heavy atom. The summed E-state index contributed by atoms with van der Waals surface area (Å²) in [5.41, 5.74) is -2.71. The number of halogens is 6. The van der Waals surface area contributed by atoms with Crippen LogP contribution < -0.4 is 0 Å². The fraction of sp³-hybridized carbons (Fsp3) is 0.364. The second-order valence-corrected chi connectivity index (χ2v) is 8.44. The molecule has 1 aromatic carbocycles. The van der Waals surface area contributed by atoms with E-state index in [1.807, 2.05) is 0 Å². The highest BCUT2D eigenvalue weighted by atomic mass is 19.4. The number of piperazine rings is 1. The van der Waals surface area contributed by atoms with Crippen LogP contribution in [0, 0.1) is 6.92 Å². The van der Waals surface area contributed by atoms with Crippen molar-refractivity contribution in [3.05, 3.63) is 59.2 Å². The Morgan fingerprint density at radius 2 is 1.68 bits per heavy atom. The lowest BCUT2D eigenvalue weighted by molar-refractivity contribution is -0.276. The normalized spacial score (nSPS) is 20.7. The van der Waals surface area contributed by atoms with Gasteiger partial charge in [-0.25, -0.2) is 9.97 Å². The van der Waals surface area contributed by atoms with Crippen LogP contribution in [0.2, 0.25) is 0 Å². The number of alkyl halides is 6. The molecule has 1 saturated heterocycles. The first-order valence-corrected chi connectivity index (χ1v) is 10.6. The van der Waals surface area contributed by atoms with Gasteiger partial charge in [-0.05, 0) is 30.2 Å². The van der Waals surface area contributed by atoms with E-state index in [-0.39, 0.29) is 32.9 Å². The predicted octanol–water partition coefficient (Wildman–Crippen LogP) is 2.74. The number of hydrogen-bond donors (Lipinski definition) is 0. The minimum atomic E-state index is -4.86. The Hall–Kier alpha value is -4.04. The summed E-state index contributed by atoms with van der Waals surface area (Å²) in [6, 6.07) is 3.97. The largest absolute Gasteiger partial charge is 0.435 e. The molecule has 0 saturated carbocycles. The Balaban J connectivity index is 1.53. The van der Waals surface area contributed by atoms with Gasteiger partial charge in [-0.2, -0.15) is 26.3 Å². The molecule has 1 unspecified atom stereocenters. The Bertz CT molecular complexity index is 1260. The lowest BCUT2D eigenvalue weighted by Gasteiger charge is -2.33.